The van der Waals surface area contributed by atoms with Crippen molar-refractivity contribution < 1.29 is 18.7 Å². The Morgan fingerprint density at radius 2 is 1.79 bits per heavy atom. The van der Waals surface area contributed by atoms with Crippen LogP contribution in [-0.2, 0) is 14.3 Å². The van der Waals surface area contributed by atoms with Crippen LogP contribution in [0.2, 0.25) is 0 Å². The summed E-state index contributed by atoms with van der Waals surface area (Å²) < 4.78 is 18.7. The highest BCUT2D eigenvalue weighted by molar-refractivity contribution is 6.39. The summed E-state index contributed by atoms with van der Waals surface area (Å²) in [4.78, 5) is 26.1. The zero-order valence-electron chi connectivity index (χ0n) is 16.3. The predicted molar refractivity (Wildman–Crippen MR) is 109 cm³/mol. The molecule has 2 aromatic carbocycles. The fourth-order valence-corrected chi connectivity index (χ4v) is 3.24. The molecule has 0 bridgehead atoms. The predicted octanol–water partition coefficient (Wildman–Crippen LogP) is 2.73. The molecule has 0 spiro atoms. The highest BCUT2D eigenvalue weighted by atomic mass is 19.1. The number of hydrogen-bond donors (Lipinski definition) is 2. The van der Waals surface area contributed by atoms with Crippen molar-refractivity contribution in [2.45, 2.75) is 18.9 Å². The van der Waals surface area contributed by atoms with E-state index in [1.807, 2.05) is 18.2 Å². The van der Waals surface area contributed by atoms with Crippen molar-refractivity contribution in [2.75, 3.05) is 38.1 Å². The van der Waals surface area contributed by atoms with E-state index in [1.165, 1.54) is 29.8 Å². The van der Waals surface area contributed by atoms with Gasteiger partial charge in [0.1, 0.15) is 5.82 Å². The summed E-state index contributed by atoms with van der Waals surface area (Å²) in [6, 6.07) is 15.5. The number of unbranched alkanes of at least 4 members (excludes halogenated alkanes) is 1. The van der Waals surface area contributed by atoms with E-state index in [0.717, 1.165) is 32.5 Å². The highest BCUT2D eigenvalue weighted by Crippen LogP contribution is 2.21. The van der Waals surface area contributed by atoms with E-state index in [-0.39, 0.29) is 6.10 Å². The Kier molecular flexibility index (Phi) is 7.72. The molecule has 1 atom stereocenters. The van der Waals surface area contributed by atoms with Crippen LogP contribution in [0.15, 0.2) is 54.6 Å². The third kappa shape index (κ3) is 6.66. The Hall–Kier alpha value is -2.77. The maximum Gasteiger partial charge on any atom is 0.313 e. The molecule has 0 aliphatic carbocycles. The molecule has 0 unspecified atom stereocenters. The number of halogens is 1. The zero-order valence-corrected chi connectivity index (χ0v) is 16.3. The second kappa shape index (κ2) is 10.7. The van der Waals surface area contributed by atoms with E-state index in [9.17, 15) is 14.0 Å². The number of nitrogens with zero attached hydrogens (tertiary/aromatic N) is 1. The molecule has 154 valence electrons. The molecule has 1 saturated heterocycles. The Balaban J connectivity index is 1.31. The molecule has 2 N–H and O–H groups in total. The molecule has 2 amide bonds. The topological polar surface area (TPSA) is 70.7 Å². The number of rotatable bonds is 7. The van der Waals surface area contributed by atoms with Crippen molar-refractivity contribution in [3.8, 4) is 0 Å². The van der Waals surface area contributed by atoms with Crippen LogP contribution in [0.5, 0.6) is 0 Å². The Bertz CT molecular complexity index is 799. The molecule has 1 fully saturated rings. The van der Waals surface area contributed by atoms with Crippen LogP contribution < -0.4 is 10.6 Å². The summed E-state index contributed by atoms with van der Waals surface area (Å²) in [5.41, 5.74) is 1.57. The first-order valence-corrected chi connectivity index (χ1v) is 9.85. The van der Waals surface area contributed by atoms with E-state index >= 15 is 0 Å². The molecule has 6 nitrogen and oxygen atoms in total. The molecule has 0 saturated carbocycles. The first-order valence-electron chi connectivity index (χ1n) is 9.85. The number of hydrogen-bond acceptors (Lipinski definition) is 4. The van der Waals surface area contributed by atoms with E-state index in [4.69, 9.17) is 4.74 Å². The molecular weight excluding hydrogens is 373 g/mol. The lowest BCUT2D eigenvalue weighted by molar-refractivity contribution is -0.136. The van der Waals surface area contributed by atoms with Crippen molar-refractivity contribution in [3.63, 3.8) is 0 Å². The van der Waals surface area contributed by atoms with Gasteiger partial charge in [-0.3, -0.25) is 14.5 Å². The zero-order chi connectivity index (χ0) is 20.5. The maximum absolute atomic E-state index is 12.9. The number of amides is 2. The number of carbonyl (C=O) groups is 2. The van der Waals surface area contributed by atoms with Gasteiger partial charge in [0.15, 0.2) is 0 Å². The molecule has 1 aliphatic rings. The third-order valence-electron chi connectivity index (χ3n) is 4.82. The van der Waals surface area contributed by atoms with Gasteiger partial charge in [0, 0.05) is 25.3 Å². The number of benzene rings is 2. The van der Waals surface area contributed by atoms with Gasteiger partial charge in [-0.25, -0.2) is 4.39 Å². The van der Waals surface area contributed by atoms with Crippen molar-refractivity contribution in [1.82, 2.24) is 10.2 Å². The molecule has 3 rings (SSSR count). The van der Waals surface area contributed by atoms with Gasteiger partial charge in [-0.1, -0.05) is 30.3 Å². The van der Waals surface area contributed by atoms with Crippen molar-refractivity contribution in [3.05, 3.63) is 66.0 Å². The van der Waals surface area contributed by atoms with Gasteiger partial charge in [0.05, 0.1) is 12.7 Å². The average Bonchev–Trinajstić information content (AvgIpc) is 2.76. The lowest BCUT2D eigenvalue weighted by Crippen LogP contribution is -2.39. The smallest absolute Gasteiger partial charge is 0.313 e. The molecule has 2 aromatic rings. The summed E-state index contributed by atoms with van der Waals surface area (Å²) in [6.45, 7) is 3.82. The van der Waals surface area contributed by atoms with Crippen LogP contribution in [0.3, 0.4) is 0 Å². The van der Waals surface area contributed by atoms with Gasteiger partial charge in [-0.05, 0) is 49.2 Å². The van der Waals surface area contributed by atoms with Gasteiger partial charge in [0.25, 0.3) is 0 Å². The molecule has 1 heterocycles. The number of morpholine rings is 1. The van der Waals surface area contributed by atoms with E-state index < -0.39 is 17.6 Å². The summed E-state index contributed by atoms with van der Waals surface area (Å²) >= 11 is 0. The van der Waals surface area contributed by atoms with Gasteiger partial charge >= 0.3 is 11.8 Å². The van der Waals surface area contributed by atoms with Gasteiger partial charge < -0.3 is 15.4 Å². The minimum Gasteiger partial charge on any atom is -0.371 e. The highest BCUT2D eigenvalue weighted by Gasteiger charge is 2.21. The second-order valence-corrected chi connectivity index (χ2v) is 6.99. The Morgan fingerprint density at radius 3 is 2.55 bits per heavy atom. The summed E-state index contributed by atoms with van der Waals surface area (Å²) in [5.74, 6) is -1.84. The fourth-order valence-electron chi connectivity index (χ4n) is 3.24. The van der Waals surface area contributed by atoms with Gasteiger partial charge in [0.2, 0.25) is 0 Å². The van der Waals surface area contributed by atoms with Crippen molar-refractivity contribution in [2.24, 2.45) is 0 Å². The third-order valence-corrected chi connectivity index (χ3v) is 4.82. The first kappa shape index (κ1) is 21.0. The number of carbonyl (C=O) groups excluding carboxylic acids is 2. The van der Waals surface area contributed by atoms with Crippen molar-refractivity contribution in [1.29, 1.82) is 0 Å². The molecule has 1 aliphatic heterocycles. The van der Waals surface area contributed by atoms with Gasteiger partial charge in [-0.15, -0.1) is 0 Å². The molecule has 0 aromatic heterocycles. The van der Waals surface area contributed by atoms with Crippen molar-refractivity contribution >= 4 is 17.5 Å². The standard InChI is InChI=1S/C22H26FN3O3/c23-18-8-10-19(11-9-18)25-22(28)21(27)24-12-4-5-13-26-14-15-29-20(16-26)17-6-2-1-3-7-17/h1-3,6-11,20H,4-5,12-16H2,(H,24,27)(H,25,28)/t20-/m1/s1. The van der Waals surface area contributed by atoms with Crippen LogP contribution in [0.25, 0.3) is 0 Å². The van der Waals surface area contributed by atoms with Crippen LogP contribution in [0, 0.1) is 5.82 Å². The quantitative estimate of drug-likeness (QED) is 0.555. The van der Waals surface area contributed by atoms with Crippen LogP contribution in [0.1, 0.15) is 24.5 Å². The SMILES string of the molecule is O=C(NCCCCN1CCO[C@@H](c2ccccc2)C1)C(=O)Nc1ccc(F)cc1. The van der Waals surface area contributed by atoms with Crippen LogP contribution in [0.4, 0.5) is 10.1 Å². The number of ether oxygens (including phenoxy) is 1. The summed E-state index contributed by atoms with van der Waals surface area (Å²) in [5, 5.41) is 5.06. The number of nitrogens with one attached hydrogen (secondary N) is 2. The Morgan fingerprint density at radius 1 is 1.03 bits per heavy atom. The van der Waals surface area contributed by atoms with E-state index in [1.54, 1.807) is 0 Å². The lowest BCUT2D eigenvalue weighted by Gasteiger charge is -2.33. The fraction of sp³-hybridized carbons (Fsp3) is 0.364. The number of anilines is 1. The monoisotopic (exact) mass is 399 g/mol. The maximum atomic E-state index is 12.9. The molecule has 0 radical (unpaired) electrons. The van der Waals surface area contributed by atoms with Gasteiger partial charge in [-0.2, -0.15) is 0 Å². The van der Waals surface area contributed by atoms with Crippen LogP contribution >= 0.6 is 0 Å². The second-order valence-electron chi connectivity index (χ2n) is 6.99. The average molecular weight is 399 g/mol. The molecule has 7 heteroatoms. The minimum absolute atomic E-state index is 0.0970. The lowest BCUT2D eigenvalue weighted by atomic mass is 10.1. The summed E-state index contributed by atoms with van der Waals surface area (Å²) in [7, 11) is 0. The summed E-state index contributed by atoms with van der Waals surface area (Å²) in [6.07, 6.45) is 1.80. The van der Waals surface area contributed by atoms with Crippen LogP contribution in [-0.4, -0.2) is 49.5 Å². The minimum atomic E-state index is -0.754. The van der Waals surface area contributed by atoms with E-state index in [2.05, 4.69) is 27.7 Å². The molecule has 29 heavy (non-hydrogen) atoms. The normalized spacial score (nSPS) is 16.9. The largest absolute Gasteiger partial charge is 0.371 e. The van der Waals surface area contributed by atoms with E-state index in [0.29, 0.717) is 18.8 Å². The molecular formula is C22H26FN3O3. The Labute approximate surface area is 170 Å². The first-order chi connectivity index (χ1) is 14.1.